The van der Waals surface area contributed by atoms with Gasteiger partial charge in [0.1, 0.15) is 5.75 Å². The number of hydrogen-bond donors (Lipinski definition) is 1. The number of hydrogen-bond acceptors (Lipinski definition) is 3. The normalized spacial score (nSPS) is 9.85. The molecule has 1 heterocycles. The number of rotatable bonds is 1. The van der Waals surface area contributed by atoms with Crippen LogP contribution in [0.5, 0.6) is 5.75 Å². The maximum Gasteiger partial charge on any atom is 0.123 e. The van der Waals surface area contributed by atoms with Crippen LogP contribution in [0.15, 0.2) is 42.7 Å². The Morgan fingerprint density at radius 3 is 2.54 bits per heavy atom. The molecule has 1 aromatic heterocycles. The van der Waals surface area contributed by atoms with E-state index in [1.165, 1.54) is 0 Å². The molecule has 1 aromatic carbocycles. The minimum Gasteiger partial charge on any atom is -0.507 e. The first-order valence-corrected chi connectivity index (χ1v) is 3.93. The van der Waals surface area contributed by atoms with Crippen molar-refractivity contribution in [2.75, 3.05) is 0 Å². The van der Waals surface area contributed by atoms with E-state index >= 15 is 0 Å². The lowest BCUT2D eigenvalue weighted by Crippen LogP contribution is -1.82. The maximum atomic E-state index is 9.52. The largest absolute Gasteiger partial charge is 0.507 e. The number of phenolic OH excluding ortho intramolecular Hbond substituents is 1. The second-order valence-electron chi connectivity index (χ2n) is 2.65. The van der Waals surface area contributed by atoms with Crippen LogP contribution in [0.3, 0.4) is 0 Å². The molecule has 2 rings (SSSR count). The van der Waals surface area contributed by atoms with Crippen molar-refractivity contribution < 1.29 is 5.11 Å². The van der Waals surface area contributed by atoms with Gasteiger partial charge in [-0.2, -0.15) is 10.2 Å². The SMILES string of the molecule is Oc1ccccc1-c1ccnnc1. The molecular formula is C10H8N2O. The van der Waals surface area contributed by atoms with Crippen molar-refractivity contribution in [3.63, 3.8) is 0 Å². The number of phenols is 1. The van der Waals surface area contributed by atoms with E-state index in [1.54, 1.807) is 24.5 Å². The van der Waals surface area contributed by atoms with Gasteiger partial charge in [0, 0.05) is 11.1 Å². The van der Waals surface area contributed by atoms with Gasteiger partial charge in [-0.3, -0.25) is 0 Å². The highest BCUT2D eigenvalue weighted by atomic mass is 16.3. The molecule has 13 heavy (non-hydrogen) atoms. The van der Waals surface area contributed by atoms with Gasteiger partial charge in [0.15, 0.2) is 0 Å². The highest BCUT2D eigenvalue weighted by Crippen LogP contribution is 2.26. The highest BCUT2D eigenvalue weighted by Gasteiger charge is 2.01. The Kier molecular flexibility index (Phi) is 1.92. The highest BCUT2D eigenvalue weighted by molar-refractivity contribution is 5.68. The molecule has 0 aliphatic rings. The van der Waals surface area contributed by atoms with Crippen LogP contribution in [0.1, 0.15) is 0 Å². The predicted molar refractivity (Wildman–Crippen MR) is 49.1 cm³/mol. The lowest BCUT2D eigenvalue weighted by atomic mass is 10.1. The Bertz CT molecular complexity index is 401. The van der Waals surface area contributed by atoms with Crippen molar-refractivity contribution >= 4 is 0 Å². The Hall–Kier alpha value is -1.90. The van der Waals surface area contributed by atoms with Crippen molar-refractivity contribution in [1.82, 2.24) is 10.2 Å². The fraction of sp³-hybridized carbons (Fsp3) is 0. The standard InChI is InChI=1S/C10H8N2O/c13-10-4-2-1-3-9(10)8-5-6-11-12-7-8/h1-7,13H. The molecule has 1 N–H and O–H groups in total. The van der Waals surface area contributed by atoms with Gasteiger partial charge in [-0.25, -0.2) is 0 Å². The minimum absolute atomic E-state index is 0.260. The van der Waals surface area contributed by atoms with Gasteiger partial charge in [0.25, 0.3) is 0 Å². The first kappa shape index (κ1) is 7.73. The summed E-state index contributed by atoms with van der Waals surface area (Å²) in [5, 5.41) is 16.9. The van der Waals surface area contributed by atoms with E-state index in [0.717, 1.165) is 11.1 Å². The van der Waals surface area contributed by atoms with Crippen molar-refractivity contribution in [3.05, 3.63) is 42.7 Å². The fourth-order valence-electron chi connectivity index (χ4n) is 1.17. The first-order valence-electron chi connectivity index (χ1n) is 3.93. The summed E-state index contributed by atoms with van der Waals surface area (Å²) in [6, 6.07) is 8.95. The molecule has 0 bridgehead atoms. The van der Waals surface area contributed by atoms with Crippen molar-refractivity contribution in [2.24, 2.45) is 0 Å². The summed E-state index contributed by atoms with van der Waals surface area (Å²) in [6.45, 7) is 0. The molecule has 0 amide bonds. The van der Waals surface area contributed by atoms with Crippen LogP contribution in [0.4, 0.5) is 0 Å². The Morgan fingerprint density at radius 1 is 1.00 bits per heavy atom. The van der Waals surface area contributed by atoms with Crippen molar-refractivity contribution in [3.8, 4) is 16.9 Å². The molecule has 0 saturated heterocycles. The molecule has 0 aliphatic carbocycles. The fourth-order valence-corrected chi connectivity index (χ4v) is 1.17. The smallest absolute Gasteiger partial charge is 0.123 e. The molecular weight excluding hydrogens is 164 g/mol. The average molecular weight is 172 g/mol. The van der Waals surface area contributed by atoms with E-state index in [4.69, 9.17) is 0 Å². The Balaban J connectivity index is 2.54. The average Bonchev–Trinajstić information content (AvgIpc) is 2.20. The molecule has 0 saturated carbocycles. The molecule has 0 spiro atoms. The zero-order chi connectivity index (χ0) is 9.10. The molecule has 3 heteroatoms. The Morgan fingerprint density at radius 2 is 1.85 bits per heavy atom. The van der Waals surface area contributed by atoms with Crippen LogP contribution < -0.4 is 0 Å². The van der Waals surface area contributed by atoms with E-state index in [9.17, 15) is 5.11 Å². The lowest BCUT2D eigenvalue weighted by molar-refractivity contribution is 0.477. The van der Waals surface area contributed by atoms with E-state index in [0.29, 0.717) is 0 Å². The van der Waals surface area contributed by atoms with Gasteiger partial charge in [0.2, 0.25) is 0 Å². The van der Waals surface area contributed by atoms with Gasteiger partial charge < -0.3 is 5.11 Å². The molecule has 0 unspecified atom stereocenters. The number of aromatic nitrogens is 2. The van der Waals surface area contributed by atoms with E-state index < -0.39 is 0 Å². The molecule has 3 nitrogen and oxygen atoms in total. The maximum absolute atomic E-state index is 9.52. The third-order valence-corrected chi connectivity index (χ3v) is 1.80. The zero-order valence-corrected chi connectivity index (χ0v) is 6.88. The quantitative estimate of drug-likeness (QED) is 0.714. The monoisotopic (exact) mass is 172 g/mol. The molecule has 0 fully saturated rings. The van der Waals surface area contributed by atoms with Gasteiger partial charge in [-0.1, -0.05) is 18.2 Å². The van der Waals surface area contributed by atoms with Gasteiger partial charge in [-0.15, -0.1) is 0 Å². The number of para-hydroxylation sites is 1. The molecule has 0 aliphatic heterocycles. The summed E-state index contributed by atoms with van der Waals surface area (Å²) in [6.07, 6.45) is 3.22. The third-order valence-electron chi connectivity index (χ3n) is 1.80. The topological polar surface area (TPSA) is 46.0 Å². The minimum atomic E-state index is 0.260. The van der Waals surface area contributed by atoms with E-state index in [-0.39, 0.29) is 5.75 Å². The van der Waals surface area contributed by atoms with Crippen LogP contribution in [-0.2, 0) is 0 Å². The van der Waals surface area contributed by atoms with Crippen LogP contribution in [0.2, 0.25) is 0 Å². The summed E-state index contributed by atoms with van der Waals surface area (Å²) in [7, 11) is 0. The van der Waals surface area contributed by atoms with Crippen molar-refractivity contribution in [2.45, 2.75) is 0 Å². The summed E-state index contributed by atoms with van der Waals surface area (Å²) >= 11 is 0. The summed E-state index contributed by atoms with van der Waals surface area (Å²) in [5.41, 5.74) is 1.64. The first-order chi connectivity index (χ1) is 6.38. The van der Waals surface area contributed by atoms with Gasteiger partial charge in [-0.05, 0) is 12.1 Å². The van der Waals surface area contributed by atoms with Crippen LogP contribution >= 0.6 is 0 Å². The van der Waals surface area contributed by atoms with Crippen molar-refractivity contribution in [1.29, 1.82) is 0 Å². The second kappa shape index (κ2) is 3.23. The van der Waals surface area contributed by atoms with Gasteiger partial charge in [0.05, 0.1) is 12.4 Å². The third kappa shape index (κ3) is 1.49. The van der Waals surface area contributed by atoms with Crippen LogP contribution in [0, 0.1) is 0 Å². The zero-order valence-electron chi connectivity index (χ0n) is 6.88. The summed E-state index contributed by atoms with van der Waals surface area (Å²) in [5.74, 6) is 0.260. The molecule has 64 valence electrons. The van der Waals surface area contributed by atoms with Crippen LogP contribution in [0.25, 0.3) is 11.1 Å². The summed E-state index contributed by atoms with van der Waals surface area (Å²) in [4.78, 5) is 0. The second-order valence-corrected chi connectivity index (χ2v) is 2.65. The van der Waals surface area contributed by atoms with Gasteiger partial charge >= 0.3 is 0 Å². The number of benzene rings is 1. The molecule has 0 atom stereocenters. The van der Waals surface area contributed by atoms with Crippen LogP contribution in [-0.4, -0.2) is 15.3 Å². The molecule has 0 radical (unpaired) electrons. The summed E-state index contributed by atoms with van der Waals surface area (Å²) < 4.78 is 0. The lowest BCUT2D eigenvalue weighted by Gasteiger charge is -2.01. The van der Waals surface area contributed by atoms with E-state index in [1.807, 2.05) is 18.2 Å². The van der Waals surface area contributed by atoms with E-state index in [2.05, 4.69) is 10.2 Å². The molecule has 2 aromatic rings. The number of aromatic hydroxyl groups is 1. The predicted octanol–water partition coefficient (Wildman–Crippen LogP) is 1.85. The number of nitrogens with zero attached hydrogens (tertiary/aromatic N) is 2. The Labute approximate surface area is 75.7 Å².